The summed E-state index contributed by atoms with van der Waals surface area (Å²) in [4.78, 5) is 0. The quantitative estimate of drug-likeness (QED) is 0.875. The summed E-state index contributed by atoms with van der Waals surface area (Å²) in [6.45, 7) is 1.99. The molecule has 0 fully saturated rings. The maximum atomic E-state index is 6.27. The molecular formula is C14H17Br2N3. The summed E-state index contributed by atoms with van der Waals surface area (Å²) in [6.07, 6.45) is 1.65. The van der Waals surface area contributed by atoms with Crippen LogP contribution in [0.4, 0.5) is 0 Å². The van der Waals surface area contributed by atoms with Gasteiger partial charge in [-0.25, -0.2) is 0 Å². The van der Waals surface area contributed by atoms with Crippen molar-refractivity contribution in [2.45, 2.75) is 25.8 Å². The highest BCUT2D eigenvalue weighted by Gasteiger charge is 2.15. The highest BCUT2D eigenvalue weighted by Crippen LogP contribution is 2.23. The van der Waals surface area contributed by atoms with E-state index in [0.29, 0.717) is 0 Å². The summed E-state index contributed by atoms with van der Waals surface area (Å²) >= 11 is 7.14. The molecule has 1 aromatic carbocycles. The number of halogens is 2. The zero-order chi connectivity index (χ0) is 14.0. The number of aryl methyl sites for hydroxylation is 2. The summed E-state index contributed by atoms with van der Waals surface area (Å²) in [5.74, 6) is 0. The fourth-order valence-corrected chi connectivity index (χ4v) is 3.11. The van der Waals surface area contributed by atoms with Gasteiger partial charge in [0, 0.05) is 24.0 Å². The minimum absolute atomic E-state index is 0.0739. The van der Waals surface area contributed by atoms with E-state index < -0.39 is 0 Å². The molecule has 1 aromatic heterocycles. The van der Waals surface area contributed by atoms with Crippen LogP contribution in [0.25, 0.3) is 0 Å². The zero-order valence-electron chi connectivity index (χ0n) is 11.0. The minimum atomic E-state index is 0.0739. The maximum Gasteiger partial charge on any atom is 0.0738 e. The topological polar surface area (TPSA) is 43.8 Å². The predicted molar refractivity (Wildman–Crippen MR) is 85.2 cm³/mol. The van der Waals surface area contributed by atoms with Gasteiger partial charge in [0.15, 0.2) is 0 Å². The Labute approximate surface area is 130 Å². The molecule has 0 aliphatic carbocycles. The van der Waals surface area contributed by atoms with Crippen LogP contribution < -0.4 is 5.73 Å². The van der Waals surface area contributed by atoms with E-state index in [1.807, 2.05) is 36.9 Å². The van der Waals surface area contributed by atoms with Gasteiger partial charge >= 0.3 is 0 Å². The Hall–Kier alpha value is -0.650. The van der Waals surface area contributed by atoms with Gasteiger partial charge in [0.25, 0.3) is 0 Å². The first kappa shape index (κ1) is 14.8. The number of hydrogen-bond donors (Lipinski definition) is 1. The number of rotatable bonds is 4. The summed E-state index contributed by atoms with van der Waals surface area (Å²) in [7, 11) is 1.96. The molecule has 0 aliphatic heterocycles. The van der Waals surface area contributed by atoms with Gasteiger partial charge in [-0.3, -0.25) is 4.68 Å². The standard InChI is InChI=1S/C14H17Br2N3/c1-9-14(16)13(19(2)18-9)8-11(17)7-10-5-3-4-6-12(10)15/h3-6,11H,7-8,17H2,1-2H3. The molecule has 2 N–H and O–H groups in total. The van der Waals surface area contributed by atoms with Crippen molar-refractivity contribution in [2.24, 2.45) is 12.8 Å². The predicted octanol–water partition coefficient (Wildman–Crippen LogP) is 3.37. The Balaban J connectivity index is 2.10. The van der Waals surface area contributed by atoms with Crippen LogP contribution in [0.15, 0.2) is 33.2 Å². The van der Waals surface area contributed by atoms with Crippen molar-refractivity contribution in [3.63, 3.8) is 0 Å². The molecule has 2 rings (SSSR count). The normalized spacial score (nSPS) is 12.7. The molecule has 2 aromatic rings. The molecule has 1 heterocycles. The van der Waals surface area contributed by atoms with Crippen LogP contribution in [0.2, 0.25) is 0 Å². The van der Waals surface area contributed by atoms with Crippen LogP contribution in [0.5, 0.6) is 0 Å². The van der Waals surface area contributed by atoms with Crippen molar-refractivity contribution in [3.05, 3.63) is 50.2 Å². The van der Waals surface area contributed by atoms with E-state index in [9.17, 15) is 0 Å². The van der Waals surface area contributed by atoms with Crippen LogP contribution in [0, 0.1) is 6.92 Å². The van der Waals surface area contributed by atoms with Gasteiger partial charge in [0.2, 0.25) is 0 Å². The van der Waals surface area contributed by atoms with Crippen molar-refractivity contribution in [2.75, 3.05) is 0 Å². The molecule has 0 saturated heterocycles. The molecule has 1 unspecified atom stereocenters. The summed E-state index contributed by atoms with van der Waals surface area (Å²) in [5.41, 5.74) is 9.67. The average molecular weight is 387 g/mol. The van der Waals surface area contributed by atoms with Crippen LogP contribution in [0.3, 0.4) is 0 Å². The fourth-order valence-electron chi connectivity index (χ4n) is 2.17. The SMILES string of the molecule is Cc1nn(C)c(CC(N)Cc2ccccc2Br)c1Br. The lowest BCUT2D eigenvalue weighted by molar-refractivity contribution is 0.610. The smallest absolute Gasteiger partial charge is 0.0738 e. The largest absolute Gasteiger partial charge is 0.327 e. The first-order valence-corrected chi connectivity index (χ1v) is 7.74. The molecular weight excluding hydrogens is 370 g/mol. The van der Waals surface area contributed by atoms with E-state index in [-0.39, 0.29) is 6.04 Å². The highest BCUT2D eigenvalue weighted by atomic mass is 79.9. The van der Waals surface area contributed by atoms with Gasteiger partial charge in [0.1, 0.15) is 0 Å². The molecule has 1 atom stereocenters. The lowest BCUT2D eigenvalue weighted by atomic mass is 10.0. The van der Waals surface area contributed by atoms with Crippen LogP contribution >= 0.6 is 31.9 Å². The number of aromatic nitrogens is 2. The van der Waals surface area contributed by atoms with E-state index in [1.54, 1.807) is 0 Å². The van der Waals surface area contributed by atoms with Crippen LogP contribution in [-0.2, 0) is 19.9 Å². The second kappa shape index (κ2) is 6.20. The van der Waals surface area contributed by atoms with Gasteiger partial charge in [-0.15, -0.1) is 0 Å². The molecule has 102 valence electrons. The third-order valence-corrected chi connectivity index (χ3v) is 4.96. The highest BCUT2D eigenvalue weighted by molar-refractivity contribution is 9.10. The summed E-state index contributed by atoms with van der Waals surface area (Å²) in [6, 6.07) is 8.28. The van der Waals surface area contributed by atoms with Gasteiger partial charge < -0.3 is 5.73 Å². The molecule has 19 heavy (non-hydrogen) atoms. The molecule has 5 heteroatoms. The van der Waals surface area contributed by atoms with Crippen LogP contribution in [0.1, 0.15) is 17.0 Å². The Kier molecular flexibility index (Phi) is 4.81. The summed E-state index contributed by atoms with van der Waals surface area (Å²) < 4.78 is 4.09. The van der Waals surface area contributed by atoms with Crippen molar-refractivity contribution < 1.29 is 0 Å². The Bertz CT molecular complexity index is 578. The Morgan fingerprint density at radius 3 is 2.53 bits per heavy atom. The van der Waals surface area contributed by atoms with Crippen LogP contribution in [-0.4, -0.2) is 15.8 Å². The van der Waals surface area contributed by atoms with E-state index in [1.165, 1.54) is 5.56 Å². The average Bonchev–Trinajstić information content (AvgIpc) is 2.59. The molecule has 0 spiro atoms. The Morgan fingerprint density at radius 2 is 1.95 bits per heavy atom. The second-order valence-electron chi connectivity index (χ2n) is 4.73. The lowest BCUT2D eigenvalue weighted by Gasteiger charge is -2.13. The van der Waals surface area contributed by atoms with E-state index >= 15 is 0 Å². The molecule has 0 radical (unpaired) electrons. The minimum Gasteiger partial charge on any atom is -0.327 e. The van der Waals surface area contributed by atoms with Gasteiger partial charge in [-0.05, 0) is 40.9 Å². The number of nitrogens with two attached hydrogens (primary N) is 1. The zero-order valence-corrected chi connectivity index (χ0v) is 14.2. The second-order valence-corrected chi connectivity index (χ2v) is 6.38. The summed E-state index contributed by atoms with van der Waals surface area (Å²) in [5, 5.41) is 4.39. The monoisotopic (exact) mass is 385 g/mol. The van der Waals surface area contributed by atoms with E-state index in [4.69, 9.17) is 5.73 Å². The lowest BCUT2D eigenvalue weighted by Crippen LogP contribution is -2.27. The van der Waals surface area contributed by atoms with Crippen molar-refractivity contribution in [1.82, 2.24) is 9.78 Å². The third kappa shape index (κ3) is 3.46. The first-order chi connectivity index (χ1) is 8.99. The van der Waals surface area contributed by atoms with Crippen molar-refractivity contribution in [1.29, 1.82) is 0 Å². The third-order valence-electron chi connectivity index (χ3n) is 3.16. The van der Waals surface area contributed by atoms with Gasteiger partial charge in [-0.2, -0.15) is 5.10 Å². The molecule has 0 aliphatic rings. The molecule has 3 nitrogen and oxygen atoms in total. The number of nitrogens with zero attached hydrogens (tertiary/aromatic N) is 2. The molecule has 0 amide bonds. The molecule has 0 bridgehead atoms. The van der Waals surface area contributed by atoms with E-state index in [2.05, 4.69) is 43.0 Å². The van der Waals surface area contributed by atoms with Gasteiger partial charge in [0.05, 0.1) is 15.9 Å². The maximum absolute atomic E-state index is 6.27. The van der Waals surface area contributed by atoms with Crippen molar-refractivity contribution >= 4 is 31.9 Å². The molecule has 0 saturated carbocycles. The van der Waals surface area contributed by atoms with Gasteiger partial charge in [-0.1, -0.05) is 34.1 Å². The number of benzene rings is 1. The Morgan fingerprint density at radius 1 is 1.26 bits per heavy atom. The fraction of sp³-hybridized carbons (Fsp3) is 0.357. The number of hydrogen-bond acceptors (Lipinski definition) is 2. The van der Waals surface area contributed by atoms with E-state index in [0.717, 1.165) is 33.2 Å². The van der Waals surface area contributed by atoms with Crippen molar-refractivity contribution in [3.8, 4) is 0 Å². The first-order valence-electron chi connectivity index (χ1n) is 6.16.